The minimum atomic E-state index is -4.10. The lowest BCUT2D eigenvalue weighted by Gasteiger charge is -2.11. The van der Waals surface area contributed by atoms with Crippen LogP contribution in [0.3, 0.4) is 0 Å². The fourth-order valence-electron chi connectivity index (χ4n) is 2.78. The number of nitrogens with one attached hydrogen (secondary N) is 1. The number of anilines is 1. The monoisotopic (exact) mass is 466 g/mol. The third-order valence-electron chi connectivity index (χ3n) is 4.61. The molecule has 0 unspecified atom stereocenters. The number of hydrogen-bond acceptors (Lipinski definition) is 5. The van der Waals surface area contributed by atoms with Gasteiger partial charge in [-0.15, -0.1) is 0 Å². The van der Waals surface area contributed by atoms with Crippen LogP contribution < -0.4 is 9.50 Å². The minimum absolute atomic E-state index is 0.00318. The predicted molar refractivity (Wildman–Crippen MR) is 124 cm³/mol. The van der Waals surface area contributed by atoms with Gasteiger partial charge >= 0.3 is 10.1 Å². The summed E-state index contributed by atoms with van der Waals surface area (Å²) in [6.45, 7) is 3.59. The van der Waals surface area contributed by atoms with Crippen molar-refractivity contribution in [3.05, 3.63) is 94.0 Å². The van der Waals surface area contributed by atoms with E-state index in [1.807, 2.05) is 13.0 Å². The van der Waals surface area contributed by atoms with E-state index in [1.165, 1.54) is 24.3 Å². The first kappa shape index (κ1) is 23.1. The van der Waals surface area contributed by atoms with Gasteiger partial charge in [-0.2, -0.15) is 13.7 Å². The van der Waals surface area contributed by atoms with Crippen LogP contribution in [-0.2, 0) is 14.9 Å². The Balaban J connectivity index is 1.91. The first-order valence-corrected chi connectivity index (χ1v) is 11.3. The van der Waals surface area contributed by atoms with Crippen molar-refractivity contribution in [2.45, 2.75) is 18.7 Å². The number of aryl methyl sites for hydroxylation is 1. The summed E-state index contributed by atoms with van der Waals surface area (Å²) in [5.41, 5.74) is 2.07. The van der Waals surface area contributed by atoms with Crippen molar-refractivity contribution >= 4 is 39.4 Å². The van der Waals surface area contributed by atoms with Gasteiger partial charge in [0.2, 0.25) is 0 Å². The molecular weight excluding hydrogens is 448 g/mol. The van der Waals surface area contributed by atoms with E-state index in [-0.39, 0.29) is 21.8 Å². The van der Waals surface area contributed by atoms with E-state index < -0.39 is 16.0 Å². The Morgan fingerprint density at radius 2 is 1.72 bits per heavy atom. The number of nitriles is 1. The maximum absolute atomic E-state index is 12.7. The van der Waals surface area contributed by atoms with E-state index in [1.54, 1.807) is 55.5 Å². The number of halogens is 1. The zero-order chi connectivity index (χ0) is 23.3. The summed E-state index contributed by atoms with van der Waals surface area (Å²) < 4.78 is 30.6. The summed E-state index contributed by atoms with van der Waals surface area (Å²) in [6.07, 6.45) is 1.27. The van der Waals surface area contributed by atoms with Gasteiger partial charge in [-0.25, -0.2) is 0 Å². The van der Waals surface area contributed by atoms with Gasteiger partial charge in [0, 0.05) is 16.3 Å². The lowest BCUT2D eigenvalue weighted by atomic mass is 10.1. The van der Waals surface area contributed by atoms with Gasteiger partial charge in [0.1, 0.15) is 22.3 Å². The first-order valence-electron chi connectivity index (χ1n) is 9.50. The average molecular weight is 467 g/mol. The molecule has 0 spiro atoms. The van der Waals surface area contributed by atoms with E-state index in [0.717, 1.165) is 5.56 Å². The smallest absolute Gasteiger partial charge is 0.339 e. The number of benzene rings is 3. The second-order valence-electron chi connectivity index (χ2n) is 6.92. The molecule has 3 rings (SSSR count). The molecule has 32 heavy (non-hydrogen) atoms. The van der Waals surface area contributed by atoms with Gasteiger partial charge in [0.25, 0.3) is 5.91 Å². The summed E-state index contributed by atoms with van der Waals surface area (Å²) in [5.74, 6) is -0.665. The molecule has 0 radical (unpaired) electrons. The largest absolute Gasteiger partial charge is 0.378 e. The third kappa shape index (κ3) is 5.35. The van der Waals surface area contributed by atoms with Crippen molar-refractivity contribution < 1.29 is 17.4 Å². The molecule has 8 heteroatoms. The number of carbonyl (C=O) groups excluding carboxylic acids is 1. The molecule has 3 aromatic rings. The van der Waals surface area contributed by atoms with Crippen LogP contribution in [0.2, 0.25) is 5.02 Å². The van der Waals surface area contributed by atoms with Crippen LogP contribution in [0.1, 0.15) is 16.7 Å². The van der Waals surface area contributed by atoms with Gasteiger partial charge in [0.05, 0.1) is 0 Å². The molecule has 0 saturated heterocycles. The van der Waals surface area contributed by atoms with Gasteiger partial charge in [-0.05, 0) is 55.8 Å². The van der Waals surface area contributed by atoms with Gasteiger partial charge in [-0.3, -0.25) is 4.79 Å². The minimum Gasteiger partial charge on any atom is -0.378 e. The topological polar surface area (TPSA) is 96.3 Å². The third-order valence-corrected chi connectivity index (χ3v) is 6.27. The van der Waals surface area contributed by atoms with Gasteiger partial charge in [0.15, 0.2) is 0 Å². The van der Waals surface area contributed by atoms with Crippen LogP contribution in [0.5, 0.6) is 5.75 Å². The molecule has 6 nitrogen and oxygen atoms in total. The maximum Gasteiger partial charge on any atom is 0.339 e. The highest BCUT2D eigenvalue weighted by atomic mass is 35.5. The average Bonchev–Trinajstić information content (AvgIpc) is 2.76. The van der Waals surface area contributed by atoms with Crippen molar-refractivity contribution in [2.75, 3.05) is 5.32 Å². The van der Waals surface area contributed by atoms with E-state index in [2.05, 4.69) is 5.32 Å². The van der Waals surface area contributed by atoms with Crippen molar-refractivity contribution in [1.82, 2.24) is 0 Å². The van der Waals surface area contributed by atoms with Crippen LogP contribution in [-0.4, -0.2) is 14.3 Å². The number of carbonyl (C=O) groups is 1. The van der Waals surface area contributed by atoms with Crippen LogP contribution >= 0.6 is 11.6 Å². The lowest BCUT2D eigenvalue weighted by molar-refractivity contribution is -0.112. The van der Waals surface area contributed by atoms with E-state index in [9.17, 15) is 18.5 Å². The Hall–Kier alpha value is -3.60. The highest BCUT2D eigenvalue weighted by Gasteiger charge is 2.19. The fraction of sp³-hybridized carbons (Fsp3) is 0.0833. The van der Waals surface area contributed by atoms with E-state index in [0.29, 0.717) is 16.3 Å². The zero-order valence-electron chi connectivity index (χ0n) is 17.3. The van der Waals surface area contributed by atoms with Crippen LogP contribution in [0.25, 0.3) is 6.08 Å². The second kappa shape index (κ2) is 9.69. The molecule has 0 heterocycles. The van der Waals surface area contributed by atoms with Crippen molar-refractivity contribution in [3.63, 3.8) is 0 Å². The standard InChI is InChI=1S/C24H19ClN2O4S/c1-16-10-12-20(13-11-16)32(29,30)31-23-9-4-3-6-18(23)14-19(15-26)24(28)27-22-8-5-7-21(25)17(22)2/h3-14H,1-2H3,(H,27,28)/b19-14+. The number of amides is 1. The van der Waals surface area contributed by atoms with Gasteiger partial charge in [-0.1, -0.05) is 53.6 Å². The second-order valence-corrected chi connectivity index (χ2v) is 8.88. The first-order chi connectivity index (χ1) is 15.2. The number of nitrogens with zero attached hydrogens (tertiary/aromatic N) is 1. The highest BCUT2D eigenvalue weighted by Crippen LogP contribution is 2.27. The Morgan fingerprint density at radius 1 is 1.03 bits per heavy atom. The van der Waals surface area contributed by atoms with Crippen molar-refractivity contribution in [2.24, 2.45) is 0 Å². The molecule has 3 aromatic carbocycles. The lowest BCUT2D eigenvalue weighted by Crippen LogP contribution is -2.14. The molecule has 1 N–H and O–H groups in total. The molecule has 0 bridgehead atoms. The number of hydrogen-bond donors (Lipinski definition) is 1. The van der Waals surface area contributed by atoms with Crippen molar-refractivity contribution in [3.8, 4) is 11.8 Å². The number of para-hydroxylation sites is 1. The molecule has 1 amide bonds. The SMILES string of the molecule is Cc1ccc(S(=O)(=O)Oc2ccccc2/C=C(\C#N)C(=O)Nc2cccc(Cl)c2C)cc1. The molecule has 0 saturated carbocycles. The molecule has 162 valence electrons. The molecule has 0 aliphatic rings. The molecule has 0 fully saturated rings. The zero-order valence-corrected chi connectivity index (χ0v) is 18.9. The maximum atomic E-state index is 12.7. The predicted octanol–water partition coefficient (Wildman–Crippen LogP) is 5.27. The van der Waals surface area contributed by atoms with E-state index >= 15 is 0 Å². The molecule has 0 aromatic heterocycles. The highest BCUT2D eigenvalue weighted by molar-refractivity contribution is 7.87. The fourth-order valence-corrected chi connectivity index (χ4v) is 3.91. The summed E-state index contributed by atoms with van der Waals surface area (Å²) in [5, 5.41) is 12.6. The van der Waals surface area contributed by atoms with Crippen LogP contribution in [0.15, 0.2) is 77.2 Å². The Morgan fingerprint density at radius 3 is 2.41 bits per heavy atom. The number of rotatable bonds is 6. The van der Waals surface area contributed by atoms with E-state index in [4.69, 9.17) is 15.8 Å². The summed E-state index contributed by atoms with van der Waals surface area (Å²) in [7, 11) is -4.10. The molecule has 0 aliphatic carbocycles. The molecule has 0 aliphatic heterocycles. The summed E-state index contributed by atoms with van der Waals surface area (Å²) in [6, 6.07) is 19.3. The Kier molecular flexibility index (Phi) is 6.98. The quantitative estimate of drug-likeness (QED) is 0.303. The summed E-state index contributed by atoms with van der Waals surface area (Å²) >= 11 is 6.08. The van der Waals surface area contributed by atoms with Crippen molar-refractivity contribution in [1.29, 1.82) is 5.26 Å². The molecular formula is C24H19ClN2O4S. The van der Waals surface area contributed by atoms with Gasteiger partial charge < -0.3 is 9.50 Å². The van der Waals surface area contributed by atoms with Crippen LogP contribution in [0.4, 0.5) is 5.69 Å². The summed E-state index contributed by atoms with van der Waals surface area (Å²) in [4.78, 5) is 12.7. The Labute approximate surface area is 191 Å². The van der Waals surface area contributed by atoms with Crippen LogP contribution in [0, 0.1) is 25.2 Å². The normalized spacial score (nSPS) is 11.5. The molecule has 0 atom stereocenters. The Bertz CT molecular complexity index is 1340.